The maximum Gasteiger partial charge on any atom is 0.339 e. The van der Waals surface area contributed by atoms with E-state index in [2.05, 4.69) is 52.6 Å². The van der Waals surface area contributed by atoms with E-state index in [1.807, 2.05) is 23.3 Å². The fourth-order valence-corrected chi connectivity index (χ4v) is 9.50. The average Bonchev–Trinajstić information content (AvgIpc) is 3.20. The van der Waals surface area contributed by atoms with Gasteiger partial charge in [0.1, 0.15) is 6.10 Å². The maximum absolute atomic E-state index is 12.9. The normalized spacial score (nSPS) is 36.3. The summed E-state index contributed by atoms with van der Waals surface area (Å²) in [6.45, 7) is 14.4. The molecule has 0 radical (unpaired) electrons. The molecule has 2 fully saturated rings. The summed E-state index contributed by atoms with van der Waals surface area (Å²) in [7, 11) is 0. The highest BCUT2D eigenvalue weighted by Gasteiger charge is 2.59. The van der Waals surface area contributed by atoms with Gasteiger partial charge in [0.25, 0.3) is 0 Å². The Hall–Kier alpha value is -1.90. The number of ether oxygens (including phenoxy) is 1. The molecule has 37 heavy (non-hydrogen) atoms. The first-order chi connectivity index (χ1) is 17.6. The number of hydrogen-bond acceptors (Lipinski definition) is 3. The number of carbonyl (C=O) groups excluding carboxylic acids is 1. The minimum atomic E-state index is -0.222. The fraction of sp³-hybridized carbons (Fsp3) is 0.706. The molecule has 3 heteroatoms. The molecule has 1 heterocycles. The van der Waals surface area contributed by atoms with E-state index in [0.29, 0.717) is 16.9 Å². The van der Waals surface area contributed by atoms with Crippen LogP contribution in [0.5, 0.6) is 0 Å². The average molecular weight is 504 g/mol. The van der Waals surface area contributed by atoms with Gasteiger partial charge < -0.3 is 4.74 Å². The highest BCUT2D eigenvalue weighted by molar-refractivity contribution is 5.89. The quantitative estimate of drug-likeness (QED) is 0.221. The molecule has 5 rings (SSSR count). The molecule has 0 N–H and O–H groups in total. The Morgan fingerprint density at radius 1 is 1.08 bits per heavy atom. The van der Waals surface area contributed by atoms with Crippen LogP contribution in [0.1, 0.15) is 123 Å². The van der Waals surface area contributed by atoms with Crippen LogP contribution in [0.4, 0.5) is 0 Å². The second kappa shape index (κ2) is 10.0. The molecule has 0 saturated heterocycles. The van der Waals surface area contributed by atoms with Crippen molar-refractivity contribution in [1.29, 1.82) is 0 Å². The van der Waals surface area contributed by atoms with E-state index in [1.54, 1.807) is 12.4 Å². The van der Waals surface area contributed by atoms with E-state index in [-0.39, 0.29) is 22.9 Å². The number of pyridine rings is 1. The molecule has 0 bridgehead atoms. The summed E-state index contributed by atoms with van der Waals surface area (Å²) in [5.74, 6) is 2.03. The SMILES string of the molecule is CC(C)=CCCC[C@H]1CCC2C3=C(CCC21C)C1(C)CCC(OC(=O)c2cccnc2)C(C)(C)C1CC3. The van der Waals surface area contributed by atoms with E-state index in [0.717, 1.165) is 24.7 Å². The predicted octanol–water partition coefficient (Wildman–Crippen LogP) is 9.10. The number of rotatable bonds is 6. The van der Waals surface area contributed by atoms with Crippen molar-refractivity contribution >= 4 is 5.97 Å². The minimum absolute atomic E-state index is 0.0344. The zero-order valence-corrected chi connectivity index (χ0v) is 24.2. The van der Waals surface area contributed by atoms with Gasteiger partial charge in [0.15, 0.2) is 0 Å². The molecule has 1 aromatic heterocycles. The molecule has 1 aromatic rings. The molecular formula is C34H49NO2. The van der Waals surface area contributed by atoms with Gasteiger partial charge in [0, 0.05) is 17.8 Å². The van der Waals surface area contributed by atoms with Crippen LogP contribution >= 0.6 is 0 Å². The Morgan fingerprint density at radius 3 is 2.62 bits per heavy atom. The maximum atomic E-state index is 12.9. The summed E-state index contributed by atoms with van der Waals surface area (Å²) < 4.78 is 6.18. The van der Waals surface area contributed by atoms with Crippen molar-refractivity contribution in [1.82, 2.24) is 4.98 Å². The monoisotopic (exact) mass is 503 g/mol. The molecule has 5 unspecified atom stereocenters. The Balaban J connectivity index is 1.33. The van der Waals surface area contributed by atoms with Crippen molar-refractivity contribution in [2.45, 2.75) is 118 Å². The van der Waals surface area contributed by atoms with Gasteiger partial charge in [-0.2, -0.15) is 0 Å². The lowest BCUT2D eigenvalue weighted by Crippen LogP contribution is -2.54. The molecule has 4 aliphatic carbocycles. The van der Waals surface area contributed by atoms with Gasteiger partial charge in [0.05, 0.1) is 5.56 Å². The third kappa shape index (κ3) is 4.63. The predicted molar refractivity (Wildman–Crippen MR) is 151 cm³/mol. The van der Waals surface area contributed by atoms with Crippen LogP contribution in [0.3, 0.4) is 0 Å². The third-order valence-corrected chi connectivity index (χ3v) is 11.5. The van der Waals surface area contributed by atoms with Gasteiger partial charge >= 0.3 is 5.97 Å². The van der Waals surface area contributed by atoms with Crippen molar-refractivity contribution < 1.29 is 9.53 Å². The topological polar surface area (TPSA) is 39.2 Å². The van der Waals surface area contributed by atoms with E-state index < -0.39 is 0 Å². The Kier molecular flexibility index (Phi) is 7.22. The summed E-state index contributed by atoms with van der Waals surface area (Å²) in [5, 5.41) is 0. The molecule has 0 aromatic carbocycles. The molecular weight excluding hydrogens is 454 g/mol. The highest BCUT2D eigenvalue weighted by atomic mass is 16.5. The number of carbonyl (C=O) groups is 1. The minimum Gasteiger partial charge on any atom is -0.458 e. The first-order valence-corrected chi connectivity index (χ1v) is 15.0. The van der Waals surface area contributed by atoms with E-state index >= 15 is 0 Å². The molecule has 0 aliphatic heterocycles. The summed E-state index contributed by atoms with van der Waals surface area (Å²) in [5.41, 5.74) is 6.41. The van der Waals surface area contributed by atoms with Gasteiger partial charge in [0.2, 0.25) is 0 Å². The summed E-state index contributed by atoms with van der Waals surface area (Å²) >= 11 is 0. The van der Waals surface area contributed by atoms with Crippen molar-refractivity contribution in [3.05, 3.63) is 52.9 Å². The number of fused-ring (bicyclic) bond motifs is 4. The molecule has 0 amide bonds. The first-order valence-electron chi connectivity index (χ1n) is 15.0. The lowest BCUT2D eigenvalue weighted by atomic mass is 9.46. The second-order valence-corrected chi connectivity index (χ2v) is 14.1. The van der Waals surface area contributed by atoms with Crippen LogP contribution in [-0.2, 0) is 4.74 Å². The van der Waals surface area contributed by atoms with Crippen molar-refractivity contribution in [3.63, 3.8) is 0 Å². The molecule has 4 aliphatic rings. The summed E-state index contributed by atoms with van der Waals surface area (Å²) in [4.78, 5) is 17.0. The fourth-order valence-electron chi connectivity index (χ4n) is 9.50. The largest absolute Gasteiger partial charge is 0.458 e. The Morgan fingerprint density at radius 2 is 1.89 bits per heavy atom. The van der Waals surface area contributed by atoms with Gasteiger partial charge in [-0.3, -0.25) is 4.98 Å². The third-order valence-electron chi connectivity index (χ3n) is 11.5. The number of nitrogens with zero attached hydrogens (tertiary/aromatic N) is 1. The first kappa shape index (κ1) is 26.7. The van der Waals surface area contributed by atoms with E-state index in [1.165, 1.54) is 63.4 Å². The Labute approximate surface area is 225 Å². The molecule has 202 valence electrons. The van der Waals surface area contributed by atoms with E-state index in [4.69, 9.17) is 4.74 Å². The number of unbranched alkanes of at least 4 members (excludes halogenated alkanes) is 1. The number of allylic oxidation sites excluding steroid dienone is 4. The van der Waals surface area contributed by atoms with Gasteiger partial charge in [-0.15, -0.1) is 0 Å². The van der Waals surface area contributed by atoms with Crippen LogP contribution in [0.2, 0.25) is 0 Å². The number of aromatic nitrogens is 1. The molecule has 0 spiro atoms. The zero-order valence-electron chi connectivity index (χ0n) is 24.2. The lowest BCUT2D eigenvalue weighted by molar-refractivity contribution is -0.101. The zero-order chi connectivity index (χ0) is 26.4. The van der Waals surface area contributed by atoms with Gasteiger partial charge in [-0.25, -0.2) is 4.79 Å². The van der Waals surface area contributed by atoms with Crippen molar-refractivity contribution in [2.24, 2.45) is 34.0 Å². The number of hydrogen-bond donors (Lipinski definition) is 0. The van der Waals surface area contributed by atoms with Crippen LogP contribution in [0, 0.1) is 34.0 Å². The van der Waals surface area contributed by atoms with Gasteiger partial charge in [-0.05, 0) is 125 Å². The number of esters is 1. The van der Waals surface area contributed by atoms with Crippen LogP contribution < -0.4 is 0 Å². The van der Waals surface area contributed by atoms with Crippen LogP contribution in [-0.4, -0.2) is 17.1 Å². The standard InChI is InChI=1S/C34H49NO2/c1-23(2)10-7-8-12-25-13-15-27-26-14-16-29-32(3,4)30(37-31(36)24-11-9-21-35-22-24)18-20-34(29,6)28(26)17-19-33(25,27)5/h9-11,21-22,25,27,29-30H,7-8,12-20H2,1-6H3/t25-,27?,29?,30?,33?,34?/m0/s1. The summed E-state index contributed by atoms with van der Waals surface area (Å²) in [6, 6.07) is 3.62. The van der Waals surface area contributed by atoms with Gasteiger partial charge in [-0.1, -0.05) is 50.5 Å². The lowest BCUT2D eigenvalue weighted by Gasteiger charge is -2.60. The smallest absolute Gasteiger partial charge is 0.339 e. The van der Waals surface area contributed by atoms with Crippen LogP contribution in [0.25, 0.3) is 0 Å². The molecule has 3 nitrogen and oxygen atoms in total. The summed E-state index contributed by atoms with van der Waals surface area (Å²) in [6.07, 6.45) is 19.8. The van der Waals surface area contributed by atoms with E-state index in [9.17, 15) is 4.79 Å². The second-order valence-electron chi connectivity index (χ2n) is 14.1. The van der Waals surface area contributed by atoms with Crippen molar-refractivity contribution in [2.75, 3.05) is 0 Å². The van der Waals surface area contributed by atoms with Crippen molar-refractivity contribution in [3.8, 4) is 0 Å². The highest BCUT2D eigenvalue weighted by Crippen LogP contribution is 2.67. The van der Waals surface area contributed by atoms with Crippen LogP contribution in [0.15, 0.2) is 47.3 Å². The molecule has 2 saturated carbocycles. The molecule has 6 atom stereocenters. The Bertz CT molecular complexity index is 1060.